The van der Waals surface area contributed by atoms with E-state index in [9.17, 15) is 0 Å². The Kier molecular flexibility index (Phi) is 6.52. The summed E-state index contributed by atoms with van der Waals surface area (Å²) in [6.07, 6.45) is 2.01. The Morgan fingerprint density at radius 1 is 1.29 bits per heavy atom. The highest BCUT2D eigenvalue weighted by molar-refractivity contribution is 9.10. The lowest BCUT2D eigenvalue weighted by atomic mass is 10.3. The number of nitrogens with zero attached hydrogens (tertiary/aromatic N) is 3. The number of imidazole rings is 1. The maximum atomic E-state index is 5.93. The fourth-order valence-electron chi connectivity index (χ4n) is 2.66. The van der Waals surface area contributed by atoms with Crippen LogP contribution in [0.1, 0.15) is 26.1 Å². The van der Waals surface area contributed by atoms with Gasteiger partial charge in [0.2, 0.25) is 0 Å². The fraction of sp³-hybridized carbons (Fsp3) is 0.562. The highest BCUT2D eigenvalue weighted by Gasteiger charge is 2.11. The number of fused-ring (bicyclic) bond motifs is 1. The summed E-state index contributed by atoms with van der Waals surface area (Å²) in [7, 11) is 0. The average molecular weight is 373 g/mol. The molecule has 0 atom stereocenters. The van der Waals surface area contributed by atoms with Crippen molar-refractivity contribution in [3.63, 3.8) is 0 Å². The van der Waals surface area contributed by atoms with Crippen LogP contribution in [0.15, 0.2) is 22.7 Å². The summed E-state index contributed by atoms with van der Waals surface area (Å²) in [4.78, 5) is 7.22. The third-order valence-corrected chi connectivity index (χ3v) is 4.42. The van der Waals surface area contributed by atoms with Gasteiger partial charge in [-0.2, -0.15) is 0 Å². The van der Waals surface area contributed by atoms with E-state index in [0.717, 1.165) is 48.4 Å². The Hall–Kier alpha value is -0.580. The standard InChI is InChI=1S/C16H23BrClN3/c1-3-9-20(4-2)10-11-21-15-6-5-13(17)12-14(15)19-16(21)7-8-18/h5-6,12H,3-4,7-11H2,1-2H3. The first kappa shape index (κ1) is 16.8. The molecule has 1 aromatic heterocycles. The second-order valence-electron chi connectivity index (χ2n) is 5.19. The summed E-state index contributed by atoms with van der Waals surface area (Å²) < 4.78 is 3.39. The molecule has 0 radical (unpaired) electrons. The molecule has 0 amide bonds. The van der Waals surface area contributed by atoms with E-state index in [4.69, 9.17) is 16.6 Å². The van der Waals surface area contributed by atoms with Crippen molar-refractivity contribution in [3.05, 3.63) is 28.5 Å². The molecule has 3 nitrogen and oxygen atoms in total. The molecular weight excluding hydrogens is 350 g/mol. The summed E-state index contributed by atoms with van der Waals surface area (Å²) in [6, 6.07) is 6.29. The van der Waals surface area contributed by atoms with Crippen molar-refractivity contribution in [3.8, 4) is 0 Å². The molecule has 1 aromatic carbocycles. The van der Waals surface area contributed by atoms with E-state index in [1.807, 2.05) is 0 Å². The number of halogens is 2. The zero-order valence-electron chi connectivity index (χ0n) is 12.8. The van der Waals surface area contributed by atoms with Gasteiger partial charge in [0.05, 0.1) is 11.0 Å². The lowest BCUT2D eigenvalue weighted by molar-refractivity contribution is 0.277. The summed E-state index contributed by atoms with van der Waals surface area (Å²) in [5.41, 5.74) is 2.24. The first-order valence-electron chi connectivity index (χ1n) is 7.62. The van der Waals surface area contributed by atoms with E-state index >= 15 is 0 Å². The maximum Gasteiger partial charge on any atom is 0.111 e. The molecule has 0 aliphatic rings. The predicted octanol–water partition coefficient (Wildman–Crippen LogP) is 4.31. The molecule has 5 heteroatoms. The Morgan fingerprint density at radius 3 is 2.76 bits per heavy atom. The summed E-state index contributed by atoms with van der Waals surface area (Å²) >= 11 is 9.45. The molecule has 0 bridgehead atoms. The van der Waals surface area contributed by atoms with Crippen molar-refractivity contribution >= 4 is 38.6 Å². The lowest BCUT2D eigenvalue weighted by Gasteiger charge is -2.20. The minimum Gasteiger partial charge on any atom is -0.327 e. The molecule has 2 rings (SSSR count). The Morgan fingerprint density at radius 2 is 2.10 bits per heavy atom. The Bertz CT molecular complexity index is 582. The van der Waals surface area contributed by atoms with Gasteiger partial charge in [0, 0.05) is 29.9 Å². The molecule has 0 saturated heterocycles. The van der Waals surface area contributed by atoms with Crippen molar-refractivity contribution in [2.24, 2.45) is 0 Å². The van der Waals surface area contributed by atoms with Gasteiger partial charge in [0.15, 0.2) is 0 Å². The first-order chi connectivity index (χ1) is 10.2. The van der Waals surface area contributed by atoms with E-state index in [1.54, 1.807) is 0 Å². The molecular formula is C16H23BrClN3. The van der Waals surface area contributed by atoms with Gasteiger partial charge in [-0.05, 0) is 37.7 Å². The van der Waals surface area contributed by atoms with Crippen molar-refractivity contribution in [2.75, 3.05) is 25.5 Å². The highest BCUT2D eigenvalue weighted by atomic mass is 79.9. The molecule has 0 saturated carbocycles. The molecule has 1 heterocycles. The SMILES string of the molecule is CCCN(CC)CCn1c(CCCl)nc2cc(Br)ccc21. The molecule has 0 unspecified atom stereocenters. The fourth-order valence-corrected chi connectivity index (χ4v) is 3.18. The van der Waals surface area contributed by atoms with Gasteiger partial charge in [-0.25, -0.2) is 4.98 Å². The van der Waals surface area contributed by atoms with E-state index in [-0.39, 0.29) is 0 Å². The number of benzene rings is 1. The van der Waals surface area contributed by atoms with E-state index in [1.165, 1.54) is 11.9 Å². The number of aromatic nitrogens is 2. The lowest BCUT2D eigenvalue weighted by Crippen LogP contribution is -2.28. The van der Waals surface area contributed by atoms with Crippen molar-refractivity contribution in [1.29, 1.82) is 0 Å². The number of alkyl halides is 1. The minimum absolute atomic E-state index is 0.608. The summed E-state index contributed by atoms with van der Waals surface area (Å²) in [5, 5.41) is 0. The molecule has 116 valence electrons. The Balaban J connectivity index is 2.25. The van der Waals surface area contributed by atoms with Gasteiger partial charge in [0.1, 0.15) is 5.82 Å². The third-order valence-electron chi connectivity index (χ3n) is 3.73. The van der Waals surface area contributed by atoms with Gasteiger partial charge in [-0.3, -0.25) is 0 Å². The van der Waals surface area contributed by atoms with Crippen LogP contribution in [0.5, 0.6) is 0 Å². The minimum atomic E-state index is 0.608. The van der Waals surface area contributed by atoms with Crippen LogP contribution in [0.4, 0.5) is 0 Å². The molecule has 0 N–H and O–H groups in total. The number of rotatable bonds is 8. The van der Waals surface area contributed by atoms with Gasteiger partial charge in [-0.15, -0.1) is 11.6 Å². The zero-order chi connectivity index (χ0) is 15.2. The van der Waals surface area contributed by atoms with Crippen LogP contribution < -0.4 is 0 Å². The van der Waals surface area contributed by atoms with Gasteiger partial charge in [0.25, 0.3) is 0 Å². The van der Waals surface area contributed by atoms with Gasteiger partial charge < -0.3 is 9.47 Å². The number of likely N-dealkylation sites (N-methyl/N-ethyl adjacent to an activating group) is 1. The number of hydrogen-bond acceptors (Lipinski definition) is 2. The van der Waals surface area contributed by atoms with Gasteiger partial charge in [-0.1, -0.05) is 29.8 Å². The molecule has 2 aromatic rings. The summed E-state index contributed by atoms with van der Waals surface area (Å²) in [5.74, 6) is 1.70. The predicted molar refractivity (Wildman–Crippen MR) is 94.3 cm³/mol. The third kappa shape index (κ3) is 4.21. The molecule has 0 fully saturated rings. The highest BCUT2D eigenvalue weighted by Crippen LogP contribution is 2.21. The quantitative estimate of drug-likeness (QED) is 0.644. The summed E-state index contributed by atoms with van der Waals surface area (Å²) in [6.45, 7) is 8.72. The molecule has 0 spiro atoms. The van der Waals surface area contributed by atoms with Crippen LogP contribution in [0, 0.1) is 0 Å². The van der Waals surface area contributed by atoms with Gasteiger partial charge >= 0.3 is 0 Å². The number of hydrogen-bond donors (Lipinski definition) is 0. The first-order valence-corrected chi connectivity index (χ1v) is 8.95. The molecule has 0 aliphatic carbocycles. The topological polar surface area (TPSA) is 21.1 Å². The van der Waals surface area contributed by atoms with Crippen LogP contribution in [-0.4, -0.2) is 40.0 Å². The zero-order valence-corrected chi connectivity index (χ0v) is 15.1. The van der Waals surface area contributed by atoms with Crippen LogP contribution in [-0.2, 0) is 13.0 Å². The maximum absolute atomic E-state index is 5.93. The van der Waals surface area contributed by atoms with Crippen LogP contribution >= 0.6 is 27.5 Å². The normalized spacial score (nSPS) is 11.7. The number of aryl methyl sites for hydroxylation is 1. The molecule has 21 heavy (non-hydrogen) atoms. The Labute approximate surface area is 140 Å². The smallest absolute Gasteiger partial charge is 0.111 e. The average Bonchev–Trinajstić information content (AvgIpc) is 2.80. The second kappa shape index (κ2) is 8.16. The van der Waals surface area contributed by atoms with Crippen LogP contribution in [0.25, 0.3) is 11.0 Å². The van der Waals surface area contributed by atoms with Crippen LogP contribution in [0.2, 0.25) is 0 Å². The van der Waals surface area contributed by atoms with E-state index in [2.05, 4.69) is 57.4 Å². The molecule has 0 aliphatic heterocycles. The monoisotopic (exact) mass is 371 g/mol. The second-order valence-corrected chi connectivity index (χ2v) is 6.48. The van der Waals surface area contributed by atoms with Crippen molar-refractivity contribution < 1.29 is 0 Å². The van der Waals surface area contributed by atoms with Crippen LogP contribution in [0.3, 0.4) is 0 Å². The van der Waals surface area contributed by atoms with Crippen molar-refractivity contribution in [2.45, 2.75) is 33.2 Å². The van der Waals surface area contributed by atoms with Crippen molar-refractivity contribution in [1.82, 2.24) is 14.5 Å². The largest absolute Gasteiger partial charge is 0.327 e. The van der Waals surface area contributed by atoms with E-state index < -0.39 is 0 Å². The van der Waals surface area contributed by atoms with E-state index in [0.29, 0.717) is 5.88 Å².